The lowest BCUT2D eigenvalue weighted by Crippen LogP contribution is -2.20. The molecule has 3 nitrogen and oxygen atoms in total. The molecule has 1 heterocycles. The Labute approximate surface area is 109 Å². The van der Waals surface area contributed by atoms with Gasteiger partial charge in [-0.2, -0.15) is 5.26 Å². The van der Waals surface area contributed by atoms with Crippen molar-refractivity contribution in [3.8, 4) is 6.07 Å². The highest BCUT2D eigenvalue weighted by Gasteiger charge is 2.17. The molecule has 1 aromatic heterocycles. The highest BCUT2D eigenvalue weighted by Crippen LogP contribution is 2.25. The Hall–Kier alpha value is -1.56. The van der Waals surface area contributed by atoms with Crippen LogP contribution >= 0.6 is 0 Å². The van der Waals surface area contributed by atoms with Gasteiger partial charge in [0.05, 0.1) is 5.56 Å². The zero-order valence-electron chi connectivity index (χ0n) is 11.3. The average Bonchev–Trinajstić information content (AvgIpc) is 2.84. The molecule has 0 saturated carbocycles. The van der Waals surface area contributed by atoms with Gasteiger partial charge in [-0.25, -0.2) is 4.98 Å². The van der Waals surface area contributed by atoms with Crippen LogP contribution in [0.1, 0.15) is 56.4 Å². The maximum Gasteiger partial charge on any atom is 0.144 e. The predicted octanol–water partition coefficient (Wildman–Crippen LogP) is 3.43. The van der Waals surface area contributed by atoms with E-state index in [0.717, 1.165) is 37.9 Å². The second kappa shape index (κ2) is 5.86. The fourth-order valence-corrected chi connectivity index (χ4v) is 2.59. The van der Waals surface area contributed by atoms with E-state index in [4.69, 9.17) is 0 Å². The van der Waals surface area contributed by atoms with Crippen molar-refractivity contribution in [3.63, 3.8) is 0 Å². The molecule has 3 heteroatoms. The highest BCUT2D eigenvalue weighted by molar-refractivity contribution is 5.55. The molecule has 2 rings (SSSR count). The SMILES string of the molecule is CCCC(CC)Nc1nc2c(cc1C#N)CCC2. The third-order valence-corrected chi connectivity index (χ3v) is 3.64. The minimum atomic E-state index is 0.425. The molecule has 18 heavy (non-hydrogen) atoms. The Morgan fingerprint density at radius 2 is 2.28 bits per heavy atom. The van der Waals surface area contributed by atoms with Crippen LogP contribution in [-0.2, 0) is 12.8 Å². The zero-order valence-corrected chi connectivity index (χ0v) is 11.3. The molecular weight excluding hydrogens is 222 g/mol. The van der Waals surface area contributed by atoms with Crippen LogP contribution in [0.4, 0.5) is 5.82 Å². The van der Waals surface area contributed by atoms with Gasteiger partial charge in [-0.1, -0.05) is 20.3 Å². The third kappa shape index (κ3) is 2.64. The quantitative estimate of drug-likeness (QED) is 0.861. The molecule has 0 fully saturated rings. The first-order chi connectivity index (χ1) is 8.78. The zero-order chi connectivity index (χ0) is 13.0. The summed E-state index contributed by atoms with van der Waals surface area (Å²) in [4.78, 5) is 4.66. The van der Waals surface area contributed by atoms with E-state index < -0.39 is 0 Å². The van der Waals surface area contributed by atoms with Crippen molar-refractivity contribution in [1.82, 2.24) is 4.98 Å². The molecule has 1 N–H and O–H groups in total. The van der Waals surface area contributed by atoms with E-state index in [9.17, 15) is 5.26 Å². The lowest BCUT2D eigenvalue weighted by atomic mass is 10.1. The van der Waals surface area contributed by atoms with Crippen molar-refractivity contribution in [3.05, 3.63) is 22.9 Å². The van der Waals surface area contributed by atoms with Crippen LogP contribution in [0.2, 0.25) is 0 Å². The molecule has 0 aliphatic heterocycles. The van der Waals surface area contributed by atoms with Gasteiger partial charge >= 0.3 is 0 Å². The standard InChI is InChI=1S/C15H21N3/c1-3-6-13(4-2)17-15-12(10-16)9-11-7-5-8-14(11)18-15/h9,13H,3-8H2,1-2H3,(H,17,18). The number of pyridine rings is 1. The summed E-state index contributed by atoms with van der Waals surface area (Å²) in [5, 5.41) is 12.7. The summed E-state index contributed by atoms with van der Waals surface area (Å²) >= 11 is 0. The van der Waals surface area contributed by atoms with E-state index in [1.807, 2.05) is 6.07 Å². The first-order valence-electron chi connectivity index (χ1n) is 6.97. The van der Waals surface area contributed by atoms with Crippen molar-refractivity contribution in [2.24, 2.45) is 0 Å². The predicted molar refractivity (Wildman–Crippen MR) is 73.6 cm³/mol. The number of anilines is 1. The van der Waals surface area contributed by atoms with Crippen LogP contribution in [0.15, 0.2) is 6.07 Å². The lowest BCUT2D eigenvalue weighted by Gasteiger charge is -2.18. The summed E-state index contributed by atoms with van der Waals surface area (Å²) in [6, 6.07) is 4.72. The number of fused-ring (bicyclic) bond motifs is 1. The summed E-state index contributed by atoms with van der Waals surface area (Å²) in [6.07, 6.45) is 6.64. The molecule has 96 valence electrons. The van der Waals surface area contributed by atoms with Crippen LogP contribution in [0.25, 0.3) is 0 Å². The van der Waals surface area contributed by atoms with Gasteiger partial charge in [-0.3, -0.25) is 0 Å². The Kier molecular flexibility index (Phi) is 4.19. The van der Waals surface area contributed by atoms with Gasteiger partial charge in [-0.15, -0.1) is 0 Å². The summed E-state index contributed by atoms with van der Waals surface area (Å²) < 4.78 is 0. The van der Waals surface area contributed by atoms with Gasteiger partial charge in [0.25, 0.3) is 0 Å². The highest BCUT2D eigenvalue weighted by atomic mass is 15.0. The number of aryl methyl sites for hydroxylation is 2. The molecule has 1 aromatic rings. The molecule has 0 radical (unpaired) electrons. The van der Waals surface area contributed by atoms with Crippen LogP contribution < -0.4 is 5.32 Å². The molecule has 1 aliphatic rings. The monoisotopic (exact) mass is 243 g/mol. The van der Waals surface area contributed by atoms with Gasteiger partial charge in [0.15, 0.2) is 0 Å². The Morgan fingerprint density at radius 1 is 1.44 bits per heavy atom. The number of nitriles is 1. The summed E-state index contributed by atoms with van der Waals surface area (Å²) in [7, 11) is 0. The Balaban J connectivity index is 2.24. The molecule has 0 spiro atoms. The Bertz CT molecular complexity index is 460. The topological polar surface area (TPSA) is 48.7 Å². The lowest BCUT2D eigenvalue weighted by molar-refractivity contribution is 0.620. The molecule has 0 bridgehead atoms. The molecular formula is C15H21N3. The maximum absolute atomic E-state index is 9.24. The van der Waals surface area contributed by atoms with E-state index in [1.165, 1.54) is 17.7 Å². The fourth-order valence-electron chi connectivity index (χ4n) is 2.59. The van der Waals surface area contributed by atoms with Crippen molar-refractivity contribution in [2.45, 2.75) is 58.4 Å². The molecule has 1 unspecified atom stereocenters. The van der Waals surface area contributed by atoms with Crippen molar-refractivity contribution in [1.29, 1.82) is 5.26 Å². The van der Waals surface area contributed by atoms with E-state index in [-0.39, 0.29) is 0 Å². The van der Waals surface area contributed by atoms with Crippen LogP contribution in [-0.4, -0.2) is 11.0 Å². The first kappa shape index (κ1) is 12.9. The second-order valence-electron chi connectivity index (χ2n) is 4.99. The van der Waals surface area contributed by atoms with E-state index in [2.05, 4.69) is 30.2 Å². The number of rotatable bonds is 5. The normalized spacial score (nSPS) is 14.9. The molecule has 0 amide bonds. The number of nitrogens with one attached hydrogen (secondary N) is 1. The van der Waals surface area contributed by atoms with Crippen molar-refractivity contribution in [2.75, 3.05) is 5.32 Å². The summed E-state index contributed by atoms with van der Waals surface area (Å²) in [5.41, 5.74) is 3.15. The number of nitrogens with zero attached hydrogens (tertiary/aromatic N) is 2. The summed E-state index contributed by atoms with van der Waals surface area (Å²) in [6.45, 7) is 4.36. The first-order valence-corrected chi connectivity index (χ1v) is 6.97. The number of hydrogen-bond acceptors (Lipinski definition) is 3. The fraction of sp³-hybridized carbons (Fsp3) is 0.600. The molecule has 0 aromatic carbocycles. The minimum Gasteiger partial charge on any atom is -0.366 e. The molecule has 1 atom stereocenters. The smallest absolute Gasteiger partial charge is 0.144 e. The van der Waals surface area contributed by atoms with Crippen LogP contribution in [0.5, 0.6) is 0 Å². The van der Waals surface area contributed by atoms with Gasteiger partial charge in [-0.05, 0) is 43.7 Å². The van der Waals surface area contributed by atoms with Gasteiger partial charge in [0, 0.05) is 11.7 Å². The van der Waals surface area contributed by atoms with E-state index >= 15 is 0 Å². The van der Waals surface area contributed by atoms with Crippen LogP contribution in [0.3, 0.4) is 0 Å². The van der Waals surface area contributed by atoms with Gasteiger partial charge in [0.2, 0.25) is 0 Å². The van der Waals surface area contributed by atoms with Crippen LogP contribution in [0, 0.1) is 11.3 Å². The number of hydrogen-bond donors (Lipinski definition) is 1. The molecule has 0 saturated heterocycles. The third-order valence-electron chi connectivity index (χ3n) is 3.64. The largest absolute Gasteiger partial charge is 0.366 e. The second-order valence-corrected chi connectivity index (χ2v) is 4.99. The van der Waals surface area contributed by atoms with E-state index in [0.29, 0.717) is 11.6 Å². The van der Waals surface area contributed by atoms with Gasteiger partial charge in [0.1, 0.15) is 11.9 Å². The van der Waals surface area contributed by atoms with Gasteiger partial charge < -0.3 is 5.32 Å². The Morgan fingerprint density at radius 3 is 2.94 bits per heavy atom. The van der Waals surface area contributed by atoms with E-state index in [1.54, 1.807) is 0 Å². The average molecular weight is 243 g/mol. The van der Waals surface area contributed by atoms with Crippen molar-refractivity contribution < 1.29 is 0 Å². The minimum absolute atomic E-state index is 0.425. The molecule has 1 aliphatic carbocycles. The number of aromatic nitrogens is 1. The van der Waals surface area contributed by atoms with Crippen molar-refractivity contribution >= 4 is 5.82 Å². The summed E-state index contributed by atoms with van der Waals surface area (Å²) in [5.74, 6) is 0.790. The maximum atomic E-state index is 9.24.